The van der Waals surface area contributed by atoms with E-state index in [1.807, 2.05) is 20.8 Å². The molecular weight excluding hydrogens is 285 g/mol. The zero-order valence-electron chi connectivity index (χ0n) is 13.2. The van der Waals surface area contributed by atoms with Gasteiger partial charge in [-0.05, 0) is 46.6 Å². The number of likely N-dealkylation sites (tertiary alicyclic amines) is 1. The van der Waals surface area contributed by atoms with Gasteiger partial charge in [0.2, 0.25) is 0 Å². The Hall–Kier alpha value is -0.980. The lowest BCUT2D eigenvalue weighted by atomic mass is 9.96. The first-order valence-corrected chi connectivity index (χ1v) is 7.19. The Morgan fingerprint density at radius 1 is 1.24 bits per heavy atom. The third-order valence-electron chi connectivity index (χ3n) is 3.29. The molecule has 0 spiro atoms. The van der Waals surface area contributed by atoms with Gasteiger partial charge in [-0.3, -0.25) is 4.90 Å². The van der Waals surface area contributed by atoms with Crippen LogP contribution in [-0.4, -0.2) is 60.9 Å². The summed E-state index contributed by atoms with van der Waals surface area (Å²) >= 11 is 0. The van der Waals surface area contributed by atoms with E-state index in [4.69, 9.17) is 4.74 Å². The van der Waals surface area contributed by atoms with Gasteiger partial charge in [0.1, 0.15) is 5.60 Å². The maximum absolute atomic E-state index is 12.3. The van der Waals surface area contributed by atoms with Gasteiger partial charge in [-0.2, -0.15) is 13.2 Å². The van der Waals surface area contributed by atoms with Crippen molar-refractivity contribution in [1.29, 1.82) is 0 Å². The molecule has 124 valence electrons. The lowest BCUT2D eigenvalue weighted by molar-refractivity contribution is -0.144. The molecule has 0 bridgehead atoms. The molecule has 21 heavy (non-hydrogen) atoms. The Balaban J connectivity index is 2.34. The average Bonchev–Trinajstić information content (AvgIpc) is 2.24. The van der Waals surface area contributed by atoms with Crippen LogP contribution < -0.4 is 0 Å². The number of ether oxygens (including phenoxy) is 1. The van der Waals surface area contributed by atoms with Crippen molar-refractivity contribution in [3.8, 4) is 0 Å². The Bertz CT molecular complexity index is 345. The van der Waals surface area contributed by atoms with Gasteiger partial charge in [-0.1, -0.05) is 0 Å². The fraction of sp³-hybridized carbons (Fsp3) is 0.929. The van der Waals surface area contributed by atoms with Crippen LogP contribution in [0.3, 0.4) is 0 Å². The summed E-state index contributed by atoms with van der Waals surface area (Å²) in [6, 6.07) is 0. The molecule has 0 atom stereocenters. The Morgan fingerprint density at radius 3 is 2.19 bits per heavy atom. The van der Waals surface area contributed by atoms with Crippen LogP contribution in [0.1, 0.15) is 33.6 Å². The van der Waals surface area contributed by atoms with Gasteiger partial charge in [0, 0.05) is 19.6 Å². The van der Waals surface area contributed by atoms with E-state index in [1.54, 1.807) is 4.90 Å². The molecule has 1 aliphatic rings. The Morgan fingerprint density at radius 2 is 1.76 bits per heavy atom. The molecule has 0 aliphatic carbocycles. The zero-order valence-corrected chi connectivity index (χ0v) is 13.2. The minimum absolute atomic E-state index is 0.191. The van der Waals surface area contributed by atoms with Crippen LogP contribution in [0.25, 0.3) is 0 Å². The summed E-state index contributed by atoms with van der Waals surface area (Å²) < 4.78 is 42.1. The average molecular weight is 310 g/mol. The van der Waals surface area contributed by atoms with Gasteiger partial charge in [-0.15, -0.1) is 0 Å². The van der Waals surface area contributed by atoms with Gasteiger partial charge in [0.15, 0.2) is 0 Å². The van der Waals surface area contributed by atoms with Crippen LogP contribution in [0.5, 0.6) is 0 Å². The molecule has 1 rings (SSSR count). The second-order valence-electron chi connectivity index (χ2n) is 6.72. The molecule has 0 N–H and O–H groups in total. The van der Waals surface area contributed by atoms with Crippen molar-refractivity contribution in [1.82, 2.24) is 9.80 Å². The molecule has 0 saturated carbocycles. The lowest BCUT2D eigenvalue weighted by Crippen LogP contribution is -2.44. The monoisotopic (exact) mass is 310 g/mol. The summed E-state index contributed by atoms with van der Waals surface area (Å²) in [7, 11) is 1.48. The van der Waals surface area contributed by atoms with Crippen LogP contribution >= 0.6 is 0 Å². The van der Waals surface area contributed by atoms with Gasteiger partial charge < -0.3 is 9.64 Å². The minimum Gasteiger partial charge on any atom is -0.444 e. The van der Waals surface area contributed by atoms with Gasteiger partial charge >= 0.3 is 12.3 Å². The SMILES string of the molecule is CN(CC1CCN(C(=O)OC(C)(C)C)CC1)CC(F)(F)F. The summed E-state index contributed by atoms with van der Waals surface area (Å²) in [5.74, 6) is 0.191. The van der Waals surface area contributed by atoms with Crippen molar-refractivity contribution < 1.29 is 22.7 Å². The maximum atomic E-state index is 12.3. The molecule has 1 heterocycles. The second-order valence-corrected chi connectivity index (χ2v) is 6.72. The number of hydrogen-bond donors (Lipinski definition) is 0. The lowest BCUT2D eigenvalue weighted by Gasteiger charge is -2.35. The quantitative estimate of drug-likeness (QED) is 0.803. The standard InChI is InChI=1S/C14H25F3N2O2/c1-13(2,3)21-12(20)19-7-5-11(6-8-19)9-18(4)10-14(15,16)17/h11H,5-10H2,1-4H3. The fourth-order valence-corrected chi connectivity index (χ4v) is 2.44. The van der Waals surface area contributed by atoms with E-state index >= 15 is 0 Å². The number of hydrogen-bond acceptors (Lipinski definition) is 3. The second kappa shape index (κ2) is 6.85. The van der Waals surface area contributed by atoms with E-state index in [2.05, 4.69) is 0 Å². The van der Waals surface area contributed by atoms with Crippen LogP contribution in [0, 0.1) is 5.92 Å². The van der Waals surface area contributed by atoms with Crippen molar-refractivity contribution >= 4 is 6.09 Å². The first kappa shape index (κ1) is 18.1. The van der Waals surface area contributed by atoms with Crippen molar-refractivity contribution in [3.63, 3.8) is 0 Å². The summed E-state index contributed by atoms with van der Waals surface area (Å²) in [5, 5.41) is 0. The van der Waals surface area contributed by atoms with Gasteiger partial charge in [0.05, 0.1) is 6.54 Å². The van der Waals surface area contributed by atoms with E-state index in [0.717, 1.165) is 0 Å². The van der Waals surface area contributed by atoms with Gasteiger partial charge in [-0.25, -0.2) is 4.79 Å². The molecule has 0 aromatic carbocycles. The topological polar surface area (TPSA) is 32.8 Å². The Kier molecular flexibility index (Phi) is 5.90. The number of halogens is 3. The van der Waals surface area contributed by atoms with E-state index < -0.39 is 18.3 Å². The number of carbonyl (C=O) groups excluding carboxylic acids is 1. The van der Waals surface area contributed by atoms with E-state index in [1.165, 1.54) is 11.9 Å². The third-order valence-corrected chi connectivity index (χ3v) is 3.29. The van der Waals surface area contributed by atoms with Crippen LogP contribution in [0.15, 0.2) is 0 Å². The number of nitrogens with zero attached hydrogens (tertiary/aromatic N) is 2. The molecule has 1 amide bonds. The van der Waals surface area contributed by atoms with Crippen molar-refractivity contribution in [2.75, 3.05) is 33.2 Å². The van der Waals surface area contributed by atoms with Crippen LogP contribution in [-0.2, 0) is 4.74 Å². The van der Waals surface area contributed by atoms with Crippen molar-refractivity contribution in [2.45, 2.75) is 45.4 Å². The van der Waals surface area contributed by atoms with Gasteiger partial charge in [0.25, 0.3) is 0 Å². The molecule has 1 fully saturated rings. The highest BCUT2D eigenvalue weighted by Crippen LogP contribution is 2.22. The predicted molar refractivity (Wildman–Crippen MR) is 74.1 cm³/mol. The molecule has 0 aromatic rings. The van der Waals surface area contributed by atoms with E-state index in [0.29, 0.717) is 32.5 Å². The number of carbonyl (C=O) groups is 1. The van der Waals surface area contributed by atoms with Crippen molar-refractivity contribution in [3.05, 3.63) is 0 Å². The highest BCUT2D eigenvalue weighted by molar-refractivity contribution is 5.68. The maximum Gasteiger partial charge on any atom is 0.410 e. The fourth-order valence-electron chi connectivity index (χ4n) is 2.44. The number of amides is 1. The largest absolute Gasteiger partial charge is 0.444 e. The smallest absolute Gasteiger partial charge is 0.410 e. The number of rotatable bonds is 3. The first-order valence-electron chi connectivity index (χ1n) is 7.19. The van der Waals surface area contributed by atoms with Crippen LogP contribution in [0.2, 0.25) is 0 Å². The van der Waals surface area contributed by atoms with E-state index in [-0.39, 0.29) is 12.0 Å². The zero-order chi connectivity index (χ0) is 16.3. The molecule has 0 unspecified atom stereocenters. The molecule has 7 heteroatoms. The molecule has 1 aliphatic heterocycles. The molecular formula is C14H25F3N2O2. The highest BCUT2D eigenvalue weighted by Gasteiger charge is 2.31. The highest BCUT2D eigenvalue weighted by atomic mass is 19.4. The summed E-state index contributed by atoms with van der Waals surface area (Å²) in [6.45, 7) is 6.02. The summed E-state index contributed by atoms with van der Waals surface area (Å²) in [6.07, 6.45) is -3.08. The predicted octanol–water partition coefficient (Wildman–Crippen LogP) is 3.13. The molecule has 0 aromatic heterocycles. The molecule has 0 radical (unpaired) electrons. The normalized spacial score (nSPS) is 18.2. The number of piperidine rings is 1. The third kappa shape index (κ3) is 7.55. The van der Waals surface area contributed by atoms with E-state index in [9.17, 15) is 18.0 Å². The minimum atomic E-state index is -4.16. The van der Waals surface area contributed by atoms with Crippen LogP contribution in [0.4, 0.5) is 18.0 Å². The molecule has 4 nitrogen and oxygen atoms in total. The summed E-state index contributed by atoms with van der Waals surface area (Å²) in [5.41, 5.74) is -0.527. The molecule has 1 saturated heterocycles. The number of alkyl halides is 3. The van der Waals surface area contributed by atoms with Crippen molar-refractivity contribution in [2.24, 2.45) is 5.92 Å². The summed E-state index contributed by atoms with van der Waals surface area (Å²) in [4.78, 5) is 14.8. The first-order chi connectivity index (χ1) is 9.46. The Labute approximate surface area is 124 Å².